The minimum absolute atomic E-state index is 0.00781. The molecule has 322 valence electrons. The summed E-state index contributed by atoms with van der Waals surface area (Å²) in [5.74, 6) is 0.553. The molecule has 4 heterocycles. The SMILES string of the molecule is COc1cc2c(cc1OCCCOc1ccc3c(c1)N(COCC[Si](C)(C)C)C(=O)[C@@H]1CCCN1C3=O)N(COCC[Si](C)(C)C)C(=O)C1Cc3ccccc3CN1C2=O. The Morgan fingerprint density at radius 1 is 0.650 bits per heavy atom. The number of rotatable bonds is 17. The van der Waals surface area contributed by atoms with Crippen molar-refractivity contribution in [3.8, 4) is 17.2 Å². The summed E-state index contributed by atoms with van der Waals surface area (Å²) in [5.41, 5.74) is 3.81. The van der Waals surface area contributed by atoms with Crippen LogP contribution in [0.4, 0.5) is 11.4 Å². The maximum absolute atomic E-state index is 14.4. The number of carbonyl (C=O) groups is 4. The van der Waals surface area contributed by atoms with Crippen LogP contribution in [0.3, 0.4) is 0 Å². The maximum atomic E-state index is 14.4. The van der Waals surface area contributed by atoms with Crippen molar-refractivity contribution in [1.29, 1.82) is 0 Å². The molecule has 0 aliphatic carbocycles. The molecule has 13 nitrogen and oxygen atoms in total. The fourth-order valence-corrected chi connectivity index (χ4v) is 9.63. The van der Waals surface area contributed by atoms with Gasteiger partial charge in [-0.2, -0.15) is 0 Å². The van der Waals surface area contributed by atoms with Crippen LogP contribution in [0.5, 0.6) is 17.2 Å². The van der Waals surface area contributed by atoms with E-state index in [0.29, 0.717) is 85.3 Å². The summed E-state index contributed by atoms with van der Waals surface area (Å²) >= 11 is 0. The molecular weight excluding hydrogens is 797 g/mol. The van der Waals surface area contributed by atoms with Gasteiger partial charge in [0.2, 0.25) is 0 Å². The lowest BCUT2D eigenvalue weighted by molar-refractivity contribution is -0.124. The van der Waals surface area contributed by atoms with E-state index in [1.165, 1.54) is 7.11 Å². The van der Waals surface area contributed by atoms with Crippen LogP contribution in [0, 0.1) is 0 Å². The number of hydrogen-bond acceptors (Lipinski definition) is 9. The van der Waals surface area contributed by atoms with E-state index >= 15 is 0 Å². The van der Waals surface area contributed by atoms with Crippen molar-refractivity contribution < 1.29 is 42.9 Å². The predicted octanol–water partition coefficient (Wildman–Crippen LogP) is 7.03. The molecule has 0 aromatic heterocycles. The normalized spacial score (nSPS) is 19.0. The summed E-state index contributed by atoms with van der Waals surface area (Å²) in [6.07, 6.45) is 2.32. The number of ether oxygens (including phenoxy) is 5. The lowest BCUT2D eigenvalue weighted by Crippen LogP contribution is -2.51. The molecule has 4 amide bonds. The average molecular weight is 857 g/mol. The van der Waals surface area contributed by atoms with Gasteiger partial charge >= 0.3 is 0 Å². The number of methoxy groups -OCH3 is 1. The Kier molecular flexibility index (Phi) is 13.1. The van der Waals surface area contributed by atoms with E-state index in [9.17, 15) is 19.2 Å². The van der Waals surface area contributed by atoms with Crippen molar-refractivity contribution in [3.63, 3.8) is 0 Å². The number of benzene rings is 3. The summed E-state index contributed by atoms with van der Waals surface area (Å²) < 4.78 is 30.4. The van der Waals surface area contributed by atoms with Gasteiger partial charge < -0.3 is 33.5 Å². The van der Waals surface area contributed by atoms with Gasteiger partial charge in [0, 0.05) is 67.4 Å². The Morgan fingerprint density at radius 3 is 1.93 bits per heavy atom. The topological polar surface area (TPSA) is 127 Å². The van der Waals surface area contributed by atoms with Crippen molar-refractivity contribution in [3.05, 3.63) is 76.9 Å². The highest BCUT2D eigenvalue weighted by Gasteiger charge is 2.44. The van der Waals surface area contributed by atoms with Gasteiger partial charge in [0.1, 0.15) is 31.3 Å². The number of hydrogen-bond donors (Lipinski definition) is 0. The van der Waals surface area contributed by atoms with Crippen molar-refractivity contribution in [1.82, 2.24) is 9.80 Å². The molecule has 60 heavy (non-hydrogen) atoms. The van der Waals surface area contributed by atoms with Crippen molar-refractivity contribution in [2.24, 2.45) is 0 Å². The zero-order valence-corrected chi connectivity index (χ0v) is 38.2. The van der Waals surface area contributed by atoms with Gasteiger partial charge in [-0.3, -0.25) is 29.0 Å². The molecule has 0 spiro atoms. The second kappa shape index (κ2) is 18.1. The zero-order chi connectivity index (χ0) is 42.8. The number of nitrogens with zero attached hydrogens (tertiary/aromatic N) is 4. The highest BCUT2D eigenvalue weighted by atomic mass is 28.3. The Hall–Kier alpha value is -4.71. The molecule has 4 aliphatic heterocycles. The number of anilines is 2. The summed E-state index contributed by atoms with van der Waals surface area (Å²) in [7, 11) is -1.21. The number of carbonyl (C=O) groups excluding carboxylic acids is 4. The van der Waals surface area contributed by atoms with Gasteiger partial charge in [0.25, 0.3) is 23.6 Å². The minimum atomic E-state index is -1.39. The molecule has 1 saturated heterocycles. The third-order valence-corrected chi connectivity index (χ3v) is 15.1. The highest BCUT2D eigenvalue weighted by Crippen LogP contribution is 2.41. The first-order valence-electron chi connectivity index (χ1n) is 21.2. The first-order valence-corrected chi connectivity index (χ1v) is 28.6. The maximum Gasteiger partial charge on any atom is 0.257 e. The van der Waals surface area contributed by atoms with E-state index in [1.807, 2.05) is 24.3 Å². The fourth-order valence-electron chi connectivity index (χ4n) is 8.12. The van der Waals surface area contributed by atoms with Gasteiger partial charge in [-0.25, -0.2) is 0 Å². The Balaban J connectivity index is 1.06. The zero-order valence-electron chi connectivity index (χ0n) is 36.2. The van der Waals surface area contributed by atoms with E-state index in [4.69, 9.17) is 23.7 Å². The summed E-state index contributed by atoms with van der Waals surface area (Å²) in [4.78, 5) is 62.8. The van der Waals surface area contributed by atoms with Crippen LogP contribution >= 0.6 is 0 Å². The van der Waals surface area contributed by atoms with Crippen molar-refractivity contribution >= 4 is 51.2 Å². The molecule has 3 aromatic carbocycles. The van der Waals surface area contributed by atoms with Gasteiger partial charge in [-0.05, 0) is 54.3 Å². The van der Waals surface area contributed by atoms with Crippen LogP contribution < -0.4 is 24.0 Å². The van der Waals surface area contributed by atoms with E-state index in [-0.39, 0.29) is 50.3 Å². The van der Waals surface area contributed by atoms with Crippen LogP contribution in [-0.2, 0) is 32.0 Å². The van der Waals surface area contributed by atoms with E-state index in [2.05, 4.69) is 39.3 Å². The molecular formula is C45H60N4O9Si2. The molecule has 0 bridgehead atoms. The van der Waals surface area contributed by atoms with Crippen LogP contribution in [0.25, 0.3) is 0 Å². The Bertz CT molecular complexity index is 2100. The second-order valence-electron chi connectivity index (χ2n) is 18.6. The monoisotopic (exact) mass is 856 g/mol. The van der Waals surface area contributed by atoms with Crippen LogP contribution in [0.2, 0.25) is 51.4 Å². The fraction of sp³-hybridized carbons (Fsp3) is 0.511. The summed E-state index contributed by atoms with van der Waals surface area (Å²) in [6.45, 7) is 16.2. The molecule has 2 atom stereocenters. The van der Waals surface area contributed by atoms with E-state index < -0.39 is 28.2 Å². The van der Waals surface area contributed by atoms with Gasteiger partial charge in [0.15, 0.2) is 11.5 Å². The van der Waals surface area contributed by atoms with Crippen LogP contribution in [0.15, 0.2) is 54.6 Å². The quantitative estimate of drug-likeness (QED) is 0.104. The largest absolute Gasteiger partial charge is 0.493 e. The van der Waals surface area contributed by atoms with Crippen molar-refractivity contribution in [2.75, 3.05) is 63.3 Å². The molecule has 1 fully saturated rings. The standard InChI is InChI=1S/C45H60N4O9Si2/c1-54-40-26-35-38(49(30-56-21-23-60(5,6)7)45(53)39-24-31-12-8-9-13-32(31)28-47(39)43(35)51)27-41(40)58-19-11-18-57-33-15-16-34-37(25-33)48(29-55-20-22-59(2,3)4)44(52)36-14-10-17-46(36)42(34)50/h8-9,12-13,15-16,25-27,36,39H,10-11,14,17-24,28-30H2,1-7H3/t36-,39?/m0/s1. The van der Waals surface area contributed by atoms with Gasteiger partial charge in [0.05, 0.1) is 42.8 Å². The molecule has 0 saturated carbocycles. The average Bonchev–Trinajstić information content (AvgIpc) is 3.66. The lowest BCUT2D eigenvalue weighted by Gasteiger charge is -2.35. The molecule has 1 unspecified atom stereocenters. The molecule has 4 aliphatic rings. The Labute approximate surface area is 355 Å². The predicted molar refractivity (Wildman–Crippen MR) is 236 cm³/mol. The third kappa shape index (κ3) is 9.59. The lowest BCUT2D eigenvalue weighted by atomic mass is 9.93. The molecule has 7 rings (SSSR count). The van der Waals surface area contributed by atoms with E-state index in [1.54, 1.807) is 49.9 Å². The molecule has 0 N–H and O–H groups in total. The minimum Gasteiger partial charge on any atom is -0.493 e. The Morgan fingerprint density at radius 2 is 1.27 bits per heavy atom. The molecule has 3 aromatic rings. The molecule has 0 radical (unpaired) electrons. The van der Waals surface area contributed by atoms with E-state index in [0.717, 1.165) is 29.6 Å². The first kappa shape index (κ1) is 43.4. The smallest absolute Gasteiger partial charge is 0.257 e. The summed E-state index contributed by atoms with van der Waals surface area (Å²) in [6, 6.07) is 17.3. The third-order valence-electron chi connectivity index (χ3n) is 11.7. The first-order chi connectivity index (χ1) is 28.6. The summed E-state index contributed by atoms with van der Waals surface area (Å²) in [5, 5.41) is 0. The van der Waals surface area contributed by atoms with Crippen LogP contribution in [-0.4, -0.2) is 115 Å². The van der Waals surface area contributed by atoms with Gasteiger partial charge in [-0.1, -0.05) is 63.5 Å². The van der Waals surface area contributed by atoms with Crippen LogP contribution in [0.1, 0.15) is 51.1 Å². The number of fused-ring (bicyclic) bond motifs is 5. The molecule has 15 heteroatoms. The van der Waals surface area contributed by atoms with Gasteiger partial charge in [-0.15, -0.1) is 0 Å². The van der Waals surface area contributed by atoms with Crippen molar-refractivity contribution in [2.45, 2.75) is 95.7 Å². The highest BCUT2D eigenvalue weighted by molar-refractivity contribution is 6.76. The second-order valence-corrected chi connectivity index (χ2v) is 29.8. The number of amides is 4.